The number of hydrogen-bond acceptors (Lipinski definition) is 3. The number of halogens is 1. The highest BCUT2D eigenvalue weighted by molar-refractivity contribution is 5.72. The van der Waals surface area contributed by atoms with Crippen LogP contribution < -0.4 is 5.32 Å². The Morgan fingerprint density at radius 3 is 2.75 bits per heavy atom. The summed E-state index contributed by atoms with van der Waals surface area (Å²) in [6, 6.07) is 0. The fourth-order valence-corrected chi connectivity index (χ4v) is 1.31. The molecule has 4 heteroatoms. The third-order valence-corrected chi connectivity index (χ3v) is 1.99. The van der Waals surface area contributed by atoms with E-state index in [1.807, 2.05) is 0 Å². The van der Waals surface area contributed by atoms with Crippen molar-refractivity contribution >= 4 is 5.97 Å². The third kappa shape index (κ3) is 2.77. The first kappa shape index (κ1) is 9.45. The molecule has 0 unspecified atom stereocenters. The Bertz CT molecular complexity index is 146. The Labute approximate surface area is 71.3 Å². The van der Waals surface area contributed by atoms with E-state index in [9.17, 15) is 9.18 Å². The van der Waals surface area contributed by atoms with Crippen LogP contribution in [0.25, 0.3) is 0 Å². The molecule has 1 rings (SSSR count). The maximum atomic E-state index is 11.6. The van der Waals surface area contributed by atoms with Gasteiger partial charge in [0.25, 0.3) is 0 Å². The predicted molar refractivity (Wildman–Crippen MR) is 42.5 cm³/mol. The van der Waals surface area contributed by atoms with E-state index < -0.39 is 6.67 Å². The van der Waals surface area contributed by atoms with Gasteiger partial charge < -0.3 is 10.1 Å². The molecule has 1 saturated heterocycles. The van der Waals surface area contributed by atoms with E-state index in [4.69, 9.17) is 0 Å². The van der Waals surface area contributed by atoms with Crippen LogP contribution in [0.2, 0.25) is 0 Å². The van der Waals surface area contributed by atoms with Gasteiger partial charge in [-0.15, -0.1) is 0 Å². The summed E-state index contributed by atoms with van der Waals surface area (Å²) in [5.74, 6) is -0.257. The van der Waals surface area contributed by atoms with Gasteiger partial charge in [-0.3, -0.25) is 4.79 Å². The molecule has 0 bridgehead atoms. The minimum absolute atomic E-state index is 0.0159. The van der Waals surface area contributed by atoms with E-state index in [0.717, 1.165) is 25.9 Å². The van der Waals surface area contributed by atoms with Crippen molar-refractivity contribution in [3.8, 4) is 0 Å². The Kier molecular flexibility index (Phi) is 4.00. The molecule has 0 aromatic rings. The fourth-order valence-electron chi connectivity index (χ4n) is 1.31. The van der Waals surface area contributed by atoms with E-state index in [2.05, 4.69) is 10.1 Å². The molecule has 12 heavy (non-hydrogen) atoms. The molecule has 0 aromatic carbocycles. The number of carbonyl (C=O) groups is 1. The summed E-state index contributed by atoms with van der Waals surface area (Å²) in [6.45, 7) is 1.03. The van der Waals surface area contributed by atoms with Crippen LogP contribution in [-0.4, -0.2) is 32.3 Å². The molecule has 1 aliphatic rings. The maximum absolute atomic E-state index is 11.6. The number of alkyl halides is 1. The van der Waals surface area contributed by atoms with Crippen LogP contribution in [0.5, 0.6) is 0 Å². The molecule has 0 atom stereocenters. The second-order valence-electron chi connectivity index (χ2n) is 2.88. The minimum Gasteiger partial charge on any atom is -0.463 e. The number of hydrogen-bond donors (Lipinski definition) is 1. The van der Waals surface area contributed by atoms with E-state index in [1.165, 1.54) is 0 Å². The smallest absolute Gasteiger partial charge is 0.309 e. The highest BCUT2D eigenvalue weighted by Crippen LogP contribution is 2.12. The molecule has 0 amide bonds. The van der Waals surface area contributed by atoms with Crippen LogP contribution in [0.3, 0.4) is 0 Å². The average Bonchev–Trinajstić information content (AvgIpc) is 2.15. The van der Waals surface area contributed by atoms with Crippen molar-refractivity contribution < 1.29 is 13.9 Å². The second kappa shape index (κ2) is 5.09. The molecular weight excluding hydrogens is 161 g/mol. The molecule has 1 N–H and O–H groups in total. The summed E-state index contributed by atoms with van der Waals surface area (Å²) >= 11 is 0. The highest BCUT2D eigenvalue weighted by Gasteiger charge is 2.21. The van der Waals surface area contributed by atoms with Gasteiger partial charge in [0, 0.05) is 0 Å². The Hall–Kier alpha value is -0.640. The SMILES string of the molecule is O=C(OCCF)C1CCNCC1. The Balaban J connectivity index is 2.20. The number of carbonyl (C=O) groups excluding carboxylic acids is 1. The summed E-state index contributed by atoms with van der Waals surface area (Å²) in [6.07, 6.45) is 1.62. The zero-order valence-electron chi connectivity index (χ0n) is 7.01. The quantitative estimate of drug-likeness (QED) is 0.635. The molecule has 0 spiro atoms. The number of piperidine rings is 1. The molecule has 0 saturated carbocycles. The van der Waals surface area contributed by atoms with Crippen LogP contribution in [0.4, 0.5) is 4.39 Å². The predicted octanol–water partition coefficient (Wildman–Crippen LogP) is 0.499. The molecule has 0 radical (unpaired) electrons. The van der Waals surface area contributed by atoms with E-state index in [-0.39, 0.29) is 18.5 Å². The summed E-state index contributed by atoms with van der Waals surface area (Å²) in [4.78, 5) is 11.1. The van der Waals surface area contributed by atoms with E-state index >= 15 is 0 Å². The van der Waals surface area contributed by atoms with E-state index in [1.54, 1.807) is 0 Å². The number of ether oxygens (including phenoxy) is 1. The standard InChI is InChI=1S/C8H14FNO2/c9-3-6-12-8(11)7-1-4-10-5-2-7/h7,10H,1-6H2. The van der Waals surface area contributed by atoms with Gasteiger partial charge >= 0.3 is 5.97 Å². The molecule has 0 aliphatic carbocycles. The fraction of sp³-hybridized carbons (Fsp3) is 0.875. The lowest BCUT2D eigenvalue weighted by molar-refractivity contribution is -0.149. The van der Waals surface area contributed by atoms with Crippen LogP contribution in [0.15, 0.2) is 0 Å². The van der Waals surface area contributed by atoms with Crippen LogP contribution >= 0.6 is 0 Å². The van der Waals surface area contributed by atoms with Crippen LogP contribution in [0, 0.1) is 5.92 Å². The Morgan fingerprint density at radius 1 is 1.50 bits per heavy atom. The molecule has 3 nitrogen and oxygen atoms in total. The summed E-state index contributed by atoms with van der Waals surface area (Å²) in [7, 11) is 0. The molecule has 1 heterocycles. The van der Waals surface area contributed by atoms with Crippen molar-refractivity contribution in [3.63, 3.8) is 0 Å². The van der Waals surface area contributed by atoms with Gasteiger partial charge in [0.15, 0.2) is 0 Å². The zero-order valence-corrected chi connectivity index (χ0v) is 7.01. The van der Waals surface area contributed by atoms with Crippen molar-refractivity contribution in [2.24, 2.45) is 5.92 Å². The van der Waals surface area contributed by atoms with Crippen LogP contribution in [0.1, 0.15) is 12.8 Å². The molecule has 1 fully saturated rings. The molecule has 70 valence electrons. The lowest BCUT2D eigenvalue weighted by Gasteiger charge is -2.20. The van der Waals surface area contributed by atoms with Crippen LogP contribution in [-0.2, 0) is 9.53 Å². The third-order valence-electron chi connectivity index (χ3n) is 1.99. The molecular formula is C8H14FNO2. The first-order valence-electron chi connectivity index (χ1n) is 4.28. The first-order chi connectivity index (χ1) is 5.84. The van der Waals surface area contributed by atoms with Gasteiger partial charge in [0.1, 0.15) is 13.3 Å². The molecule has 0 aromatic heterocycles. The normalized spacial score (nSPS) is 19.1. The lowest BCUT2D eigenvalue weighted by atomic mass is 9.99. The number of rotatable bonds is 3. The van der Waals surface area contributed by atoms with Gasteiger partial charge in [-0.2, -0.15) is 0 Å². The monoisotopic (exact) mass is 175 g/mol. The van der Waals surface area contributed by atoms with Crippen molar-refractivity contribution in [1.29, 1.82) is 0 Å². The highest BCUT2D eigenvalue weighted by atomic mass is 19.1. The van der Waals surface area contributed by atoms with Gasteiger partial charge in [0.2, 0.25) is 0 Å². The van der Waals surface area contributed by atoms with Gasteiger partial charge in [-0.05, 0) is 25.9 Å². The van der Waals surface area contributed by atoms with Gasteiger partial charge in [0.05, 0.1) is 5.92 Å². The average molecular weight is 175 g/mol. The van der Waals surface area contributed by atoms with Crippen molar-refractivity contribution in [2.75, 3.05) is 26.4 Å². The van der Waals surface area contributed by atoms with Gasteiger partial charge in [-0.1, -0.05) is 0 Å². The minimum atomic E-state index is -0.587. The van der Waals surface area contributed by atoms with Crippen molar-refractivity contribution in [2.45, 2.75) is 12.8 Å². The summed E-state index contributed by atoms with van der Waals surface area (Å²) in [5.41, 5.74) is 0. The first-order valence-corrected chi connectivity index (χ1v) is 4.28. The summed E-state index contributed by atoms with van der Waals surface area (Å²) in [5, 5.41) is 3.14. The topological polar surface area (TPSA) is 38.3 Å². The van der Waals surface area contributed by atoms with E-state index in [0.29, 0.717) is 0 Å². The maximum Gasteiger partial charge on any atom is 0.309 e. The van der Waals surface area contributed by atoms with Gasteiger partial charge in [-0.25, -0.2) is 4.39 Å². The largest absolute Gasteiger partial charge is 0.463 e. The zero-order chi connectivity index (χ0) is 8.81. The lowest BCUT2D eigenvalue weighted by Crippen LogP contribution is -2.32. The molecule has 1 aliphatic heterocycles. The summed E-state index contributed by atoms with van der Waals surface area (Å²) < 4.78 is 16.3. The Morgan fingerprint density at radius 2 is 2.17 bits per heavy atom. The number of nitrogens with one attached hydrogen (secondary N) is 1. The van der Waals surface area contributed by atoms with Crippen molar-refractivity contribution in [3.05, 3.63) is 0 Å². The van der Waals surface area contributed by atoms with Crippen molar-refractivity contribution in [1.82, 2.24) is 5.32 Å². The number of esters is 1. The second-order valence-corrected chi connectivity index (χ2v) is 2.88.